The monoisotopic (exact) mass is 287 g/mol. The number of ether oxygens (including phenoxy) is 1. The Balaban J connectivity index is 2.40. The van der Waals surface area contributed by atoms with Crippen molar-refractivity contribution >= 4 is 29.3 Å². The molecule has 0 saturated carbocycles. The molecular formula is C13H18ClNO2S. The molecule has 0 aliphatic rings. The van der Waals surface area contributed by atoms with E-state index in [1.165, 1.54) is 0 Å². The summed E-state index contributed by atoms with van der Waals surface area (Å²) in [5, 5.41) is 3.72. The molecule has 1 aromatic rings. The number of carbonyl (C=O) groups excluding carboxylic acids is 1. The molecule has 3 nitrogen and oxygen atoms in total. The third-order valence-corrected chi connectivity index (χ3v) is 3.97. The first-order valence-electron chi connectivity index (χ1n) is 5.90. The zero-order valence-corrected chi connectivity index (χ0v) is 12.2. The lowest BCUT2D eigenvalue weighted by atomic mass is 10.2. The van der Waals surface area contributed by atoms with Crippen LogP contribution in [0.15, 0.2) is 29.2 Å². The molecule has 1 unspecified atom stereocenters. The normalized spacial score (nSPS) is 12.2. The zero-order chi connectivity index (χ0) is 13.4. The number of halogens is 1. The number of benzene rings is 1. The van der Waals surface area contributed by atoms with Gasteiger partial charge in [0.25, 0.3) is 0 Å². The molecule has 0 bridgehead atoms. The molecule has 0 heterocycles. The Kier molecular flexibility index (Phi) is 7.16. The number of nitrogens with one attached hydrogen (secondary N) is 1. The molecule has 5 heteroatoms. The first-order valence-corrected chi connectivity index (χ1v) is 7.26. The largest absolute Gasteiger partial charge is 0.465 e. The van der Waals surface area contributed by atoms with Gasteiger partial charge in [0.1, 0.15) is 6.04 Å². The van der Waals surface area contributed by atoms with Crippen molar-refractivity contribution in [2.75, 3.05) is 19.4 Å². The lowest BCUT2D eigenvalue weighted by molar-refractivity contribution is -0.145. The van der Waals surface area contributed by atoms with Crippen LogP contribution in [-0.4, -0.2) is 31.4 Å². The van der Waals surface area contributed by atoms with Crippen LogP contribution in [0.4, 0.5) is 0 Å². The van der Waals surface area contributed by atoms with Gasteiger partial charge in [-0.05, 0) is 32.5 Å². The van der Waals surface area contributed by atoms with Crippen molar-refractivity contribution in [3.63, 3.8) is 0 Å². The van der Waals surface area contributed by atoms with Crippen LogP contribution in [-0.2, 0) is 9.53 Å². The molecule has 1 rings (SSSR count). The van der Waals surface area contributed by atoms with E-state index >= 15 is 0 Å². The Labute approximate surface area is 117 Å². The number of esters is 1. The summed E-state index contributed by atoms with van der Waals surface area (Å²) in [4.78, 5) is 12.6. The second-order valence-corrected chi connectivity index (χ2v) is 5.20. The van der Waals surface area contributed by atoms with Gasteiger partial charge in [0.2, 0.25) is 0 Å². The number of hydrogen-bond donors (Lipinski definition) is 1. The summed E-state index contributed by atoms with van der Waals surface area (Å²) in [7, 11) is 1.77. The maximum absolute atomic E-state index is 11.6. The molecule has 0 aromatic heterocycles. The molecule has 0 aliphatic heterocycles. The molecule has 100 valence electrons. The molecule has 0 saturated heterocycles. The molecular weight excluding hydrogens is 270 g/mol. The van der Waals surface area contributed by atoms with Gasteiger partial charge in [-0.25, -0.2) is 0 Å². The van der Waals surface area contributed by atoms with Crippen molar-refractivity contribution in [1.29, 1.82) is 0 Å². The molecule has 1 atom stereocenters. The van der Waals surface area contributed by atoms with Gasteiger partial charge in [-0.2, -0.15) is 0 Å². The maximum atomic E-state index is 11.6. The van der Waals surface area contributed by atoms with Crippen molar-refractivity contribution in [1.82, 2.24) is 5.32 Å². The van der Waals surface area contributed by atoms with Crippen LogP contribution in [0.2, 0.25) is 5.02 Å². The van der Waals surface area contributed by atoms with E-state index in [9.17, 15) is 4.79 Å². The van der Waals surface area contributed by atoms with Crippen LogP contribution in [0.1, 0.15) is 13.3 Å². The second-order valence-electron chi connectivity index (χ2n) is 3.66. The van der Waals surface area contributed by atoms with Gasteiger partial charge in [0.15, 0.2) is 0 Å². The van der Waals surface area contributed by atoms with Crippen LogP contribution >= 0.6 is 23.4 Å². The predicted octanol–water partition coefficient (Wildman–Crippen LogP) is 2.97. The number of carbonyl (C=O) groups is 1. The van der Waals surface area contributed by atoms with Crippen molar-refractivity contribution in [3.8, 4) is 0 Å². The van der Waals surface area contributed by atoms with Gasteiger partial charge in [-0.1, -0.05) is 23.7 Å². The Bertz CT molecular complexity index is 387. The van der Waals surface area contributed by atoms with E-state index < -0.39 is 0 Å². The molecule has 1 aromatic carbocycles. The molecule has 18 heavy (non-hydrogen) atoms. The Hall–Kier alpha value is -0.710. The maximum Gasteiger partial charge on any atom is 0.323 e. The zero-order valence-electron chi connectivity index (χ0n) is 10.6. The predicted molar refractivity (Wildman–Crippen MR) is 76.3 cm³/mol. The summed E-state index contributed by atoms with van der Waals surface area (Å²) in [6.45, 7) is 2.22. The van der Waals surface area contributed by atoms with Crippen LogP contribution in [0, 0.1) is 0 Å². The molecule has 0 aliphatic carbocycles. The van der Waals surface area contributed by atoms with E-state index in [1.54, 1.807) is 18.8 Å². The second kappa shape index (κ2) is 8.40. The van der Waals surface area contributed by atoms with Gasteiger partial charge in [0, 0.05) is 10.6 Å². The lowest BCUT2D eigenvalue weighted by Crippen LogP contribution is -2.36. The van der Waals surface area contributed by atoms with E-state index in [1.807, 2.05) is 31.2 Å². The topological polar surface area (TPSA) is 38.3 Å². The molecule has 0 fully saturated rings. The van der Waals surface area contributed by atoms with Crippen LogP contribution < -0.4 is 5.32 Å². The van der Waals surface area contributed by atoms with E-state index in [2.05, 4.69) is 5.32 Å². The van der Waals surface area contributed by atoms with Crippen LogP contribution in [0.25, 0.3) is 0 Å². The minimum atomic E-state index is -0.250. The SMILES string of the molecule is CCOC(=O)C(CCSc1ccccc1Cl)NC. The standard InChI is InChI=1S/C13H18ClNO2S/c1-3-17-13(16)11(15-2)8-9-18-12-7-5-4-6-10(12)14/h4-7,11,15H,3,8-9H2,1-2H3. The number of likely N-dealkylation sites (N-methyl/N-ethyl adjacent to an activating group) is 1. The smallest absolute Gasteiger partial charge is 0.323 e. The molecule has 0 radical (unpaired) electrons. The van der Waals surface area contributed by atoms with Gasteiger partial charge < -0.3 is 10.1 Å². The summed E-state index contributed by atoms with van der Waals surface area (Å²) in [6, 6.07) is 7.45. The van der Waals surface area contributed by atoms with Gasteiger partial charge >= 0.3 is 5.97 Å². The van der Waals surface area contributed by atoms with Crippen molar-refractivity contribution in [2.45, 2.75) is 24.3 Å². The van der Waals surface area contributed by atoms with Crippen molar-refractivity contribution in [2.24, 2.45) is 0 Å². The van der Waals surface area contributed by atoms with E-state index in [0.29, 0.717) is 13.0 Å². The van der Waals surface area contributed by atoms with Gasteiger partial charge in [-0.3, -0.25) is 4.79 Å². The minimum absolute atomic E-state index is 0.195. The fraction of sp³-hybridized carbons (Fsp3) is 0.462. The molecule has 0 spiro atoms. The highest BCUT2D eigenvalue weighted by Gasteiger charge is 2.17. The molecule has 1 N–H and O–H groups in total. The summed E-state index contributed by atoms with van der Waals surface area (Å²) >= 11 is 7.70. The first kappa shape index (κ1) is 15.3. The molecule has 0 amide bonds. The summed E-state index contributed by atoms with van der Waals surface area (Å²) < 4.78 is 4.98. The number of thioether (sulfide) groups is 1. The van der Waals surface area contributed by atoms with Crippen molar-refractivity contribution < 1.29 is 9.53 Å². The fourth-order valence-electron chi connectivity index (χ4n) is 1.47. The average Bonchev–Trinajstić information content (AvgIpc) is 2.37. The first-order chi connectivity index (χ1) is 8.69. The van der Waals surface area contributed by atoms with Gasteiger partial charge in [0.05, 0.1) is 11.6 Å². The lowest BCUT2D eigenvalue weighted by Gasteiger charge is -2.14. The Morgan fingerprint density at radius 3 is 2.83 bits per heavy atom. The quantitative estimate of drug-likeness (QED) is 0.618. The third kappa shape index (κ3) is 4.88. The Morgan fingerprint density at radius 1 is 1.50 bits per heavy atom. The third-order valence-electron chi connectivity index (χ3n) is 2.42. The summed E-state index contributed by atoms with van der Waals surface area (Å²) in [5.41, 5.74) is 0. The fourth-order valence-corrected chi connectivity index (χ4v) is 2.72. The highest BCUT2D eigenvalue weighted by Crippen LogP contribution is 2.27. The van der Waals surface area contributed by atoms with E-state index in [4.69, 9.17) is 16.3 Å². The van der Waals surface area contributed by atoms with Crippen LogP contribution in [0.3, 0.4) is 0 Å². The summed E-state index contributed by atoms with van der Waals surface area (Å²) in [6.07, 6.45) is 0.714. The van der Waals surface area contributed by atoms with Gasteiger partial charge in [-0.15, -0.1) is 11.8 Å². The average molecular weight is 288 g/mol. The van der Waals surface area contributed by atoms with E-state index in [0.717, 1.165) is 15.7 Å². The highest BCUT2D eigenvalue weighted by atomic mass is 35.5. The summed E-state index contributed by atoms with van der Waals surface area (Å²) in [5.74, 6) is 0.619. The van der Waals surface area contributed by atoms with Crippen LogP contribution in [0.5, 0.6) is 0 Å². The Morgan fingerprint density at radius 2 is 2.22 bits per heavy atom. The van der Waals surface area contributed by atoms with Crippen molar-refractivity contribution in [3.05, 3.63) is 29.3 Å². The number of hydrogen-bond acceptors (Lipinski definition) is 4. The van der Waals surface area contributed by atoms with E-state index in [-0.39, 0.29) is 12.0 Å². The number of rotatable bonds is 7. The highest BCUT2D eigenvalue weighted by molar-refractivity contribution is 7.99. The minimum Gasteiger partial charge on any atom is -0.465 e.